The van der Waals surface area contributed by atoms with Crippen molar-refractivity contribution in [2.75, 3.05) is 0 Å². The number of halogens is 1. The minimum Gasteiger partial charge on any atom is -0.183 e. The van der Waals surface area contributed by atoms with Crippen LogP contribution in [0.1, 0.15) is 6.92 Å². The lowest BCUT2D eigenvalue weighted by Gasteiger charge is -1.80. The Morgan fingerprint density at radius 2 is 2.00 bits per heavy atom. The normalized spacial score (nSPS) is 13.7. The van der Waals surface area contributed by atoms with Gasteiger partial charge in [-0.05, 0) is 6.92 Å². The zero-order valence-corrected chi connectivity index (χ0v) is 6.16. The van der Waals surface area contributed by atoms with Gasteiger partial charge in [0.05, 0.1) is 10.6 Å². The van der Waals surface area contributed by atoms with E-state index in [-0.39, 0.29) is 0 Å². The fraction of sp³-hybridized carbons (Fsp3) is 0.500. The summed E-state index contributed by atoms with van der Waals surface area (Å²) in [6.07, 6.45) is 0. The molecule has 1 radical (unpaired) electrons. The van der Waals surface area contributed by atoms with Crippen molar-refractivity contribution >= 4 is 21.7 Å². The molecule has 0 saturated heterocycles. The van der Waals surface area contributed by atoms with Gasteiger partial charge in [-0.1, -0.05) is 10.5 Å². The molecule has 1 atom stereocenters. The monoisotopic (exact) mass is 167 g/mol. The number of rotatable bonds is 0. The van der Waals surface area contributed by atoms with E-state index in [2.05, 4.69) is 0 Å². The molecular weight excluding hydrogens is 164 g/mol. The molecule has 0 aromatic heterocycles. The highest BCUT2D eigenvalue weighted by atomic mass is 35.5. The van der Waals surface area contributed by atoms with Gasteiger partial charge in [-0.2, -0.15) is 8.42 Å². The predicted molar refractivity (Wildman–Crippen MR) is 32.7 cm³/mol. The van der Waals surface area contributed by atoms with Crippen LogP contribution in [0, 0.1) is 11.2 Å². The first-order valence-corrected chi connectivity index (χ1v) is 3.88. The van der Waals surface area contributed by atoms with Crippen molar-refractivity contribution in [3.8, 4) is 11.2 Å². The van der Waals surface area contributed by atoms with Crippen LogP contribution in [0.3, 0.4) is 0 Å². The second-order valence-electron chi connectivity index (χ2n) is 1.32. The van der Waals surface area contributed by atoms with Gasteiger partial charge in [-0.15, -0.1) is 11.6 Å². The van der Waals surface area contributed by atoms with Crippen molar-refractivity contribution in [2.24, 2.45) is 0 Å². The molecule has 0 aromatic rings. The van der Waals surface area contributed by atoms with Crippen LogP contribution in [-0.4, -0.2) is 13.8 Å². The van der Waals surface area contributed by atoms with E-state index in [0.29, 0.717) is 0 Å². The van der Waals surface area contributed by atoms with E-state index in [1.54, 1.807) is 0 Å². The summed E-state index contributed by atoms with van der Waals surface area (Å²) < 4.78 is 29.2. The van der Waals surface area contributed by atoms with Crippen LogP contribution in [0.25, 0.3) is 0 Å². The second-order valence-corrected chi connectivity index (χ2v) is 3.08. The molecule has 51 valence electrons. The van der Waals surface area contributed by atoms with Gasteiger partial charge in [0.2, 0.25) is 0 Å². The lowest BCUT2D eigenvalue weighted by molar-refractivity contribution is 0.426. The van der Waals surface area contributed by atoms with Crippen LogP contribution in [0.5, 0.6) is 0 Å². The summed E-state index contributed by atoms with van der Waals surface area (Å²) >= 11 is 5.21. The Bertz CT molecular complexity index is 230. The highest BCUT2D eigenvalue weighted by Gasteiger charge is 1.97. The predicted octanol–water partition coefficient (Wildman–Crippen LogP) is 0.335. The maximum atomic E-state index is 9.75. The van der Waals surface area contributed by atoms with E-state index >= 15 is 0 Å². The summed E-state index contributed by atoms with van der Waals surface area (Å²) in [5.74, 6) is 2.00. The maximum Gasteiger partial charge on any atom is 0.365 e. The summed E-state index contributed by atoms with van der Waals surface area (Å²) in [6.45, 7) is 1.47. The Kier molecular flexibility index (Phi) is 2.98. The van der Waals surface area contributed by atoms with Gasteiger partial charge in [0.1, 0.15) is 0 Å². The average Bonchev–Trinajstić information content (AvgIpc) is 1.59. The van der Waals surface area contributed by atoms with Crippen LogP contribution in [0.2, 0.25) is 0 Å². The van der Waals surface area contributed by atoms with Gasteiger partial charge in [0, 0.05) is 0 Å². The van der Waals surface area contributed by atoms with Crippen molar-refractivity contribution < 1.29 is 13.0 Å². The quantitative estimate of drug-likeness (QED) is 0.386. The molecule has 0 aromatic carbocycles. The van der Waals surface area contributed by atoms with Gasteiger partial charge in [0.25, 0.3) is 0 Å². The summed E-state index contributed by atoms with van der Waals surface area (Å²) in [6, 6.07) is 0. The minimum atomic E-state index is -4.41. The standard InChI is InChI=1S/C4H4ClO3S/c1-4(5)2-3-9(6,7)8/h4H,1H3. The number of hydrogen-bond donors (Lipinski definition) is 0. The van der Waals surface area contributed by atoms with Crippen molar-refractivity contribution in [3.05, 3.63) is 0 Å². The Balaban J connectivity index is 4.23. The highest BCUT2D eigenvalue weighted by molar-refractivity contribution is 7.90. The first-order valence-electron chi connectivity index (χ1n) is 2.04. The van der Waals surface area contributed by atoms with Crippen LogP contribution in [0.4, 0.5) is 0 Å². The zero-order valence-electron chi connectivity index (χ0n) is 4.59. The van der Waals surface area contributed by atoms with E-state index in [1.807, 2.05) is 5.92 Å². The van der Waals surface area contributed by atoms with Gasteiger partial charge < -0.3 is 0 Å². The van der Waals surface area contributed by atoms with Crippen LogP contribution in [0.15, 0.2) is 0 Å². The van der Waals surface area contributed by atoms with Gasteiger partial charge in [-0.25, -0.2) is 0 Å². The molecule has 5 heteroatoms. The molecule has 0 aliphatic rings. The first-order chi connectivity index (χ1) is 3.92. The van der Waals surface area contributed by atoms with Gasteiger partial charge in [0.15, 0.2) is 0 Å². The fourth-order valence-corrected chi connectivity index (χ4v) is 0.594. The molecule has 0 fully saturated rings. The van der Waals surface area contributed by atoms with Gasteiger partial charge in [-0.3, -0.25) is 0 Å². The van der Waals surface area contributed by atoms with E-state index in [4.69, 9.17) is 11.6 Å². The summed E-state index contributed by atoms with van der Waals surface area (Å²) in [5.41, 5.74) is 0. The maximum absolute atomic E-state index is 9.75. The molecule has 1 unspecified atom stereocenters. The first kappa shape index (κ1) is 8.76. The van der Waals surface area contributed by atoms with E-state index in [9.17, 15) is 13.0 Å². The molecular formula is C4H4ClO3S. The molecule has 0 N–H and O–H groups in total. The fourth-order valence-electron chi connectivity index (χ4n) is 0.153. The van der Waals surface area contributed by atoms with E-state index < -0.39 is 15.5 Å². The lowest BCUT2D eigenvalue weighted by atomic mass is 10.5. The Morgan fingerprint density at radius 1 is 1.56 bits per heavy atom. The molecule has 0 aliphatic carbocycles. The van der Waals surface area contributed by atoms with Crippen molar-refractivity contribution in [1.82, 2.24) is 0 Å². The van der Waals surface area contributed by atoms with Crippen molar-refractivity contribution in [1.29, 1.82) is 0 Å². The van der Waals surface area contributed by atoms with E-state index in [0.717, 1.165) is 0 Å². The largest absolute Gasteiger partial charge is 0.365 e. The third-order valence-corrected chi connectivity index (χ3v) is 0.860. The second kappa shape index (κ2) is 3.06. The third-order valence-electron chi connectivity index (χ3n) is 0.383. The van der Waals surface area contributed by atoms with Gasteiger partial charge >= 0.3 is 10.1 Å². The molecule has 3 nitrogen and oxygen atoms in total. The molecule has 0 saturated carbocycles. The Morgan fingerprint density at radius 3 is 2.11 bits per heavy atom. The molecule has 0 bridgehead atoms. The van der Waals surface area contributed by atoms with Crippen LogP contribution in [-0.2, 0) is 14.7 Å². The minimum absolute atomic E-state index is 0.603. The zero-order chi connectivity index (χ0) is 7.49. The summed E-state index contributed by atoms with van der Waals surface area (Å²) in [5, 5.41) is 0.853. The SMILES string of the molecule is CC(Cl)C#CS([O])(=O)=O. The highest BCUT2D eigenvalue weighted by Crippen LogP contribution is 1.89. The molecule has 0 spiro atoms. The number of alkyl halides is 1. The molecule has 0 amide bonds. The Labute approximate surface area is 58.8 Å². The summed E-state index contributed by atoms with van der Waals surface area (Å²) in [7, 11) is -4.41. The smallest absolute Gasteiger partial charge is 0.183 e. The van der Waals surface area contributed by atoms with Crippen molar-refractivity contribution in [2.45, 2.75) is 12.3 Å². The molecule has 0 heterocycles. The summed E-state index contributed by atoms with van der Waals surface area (Å²) in [4.78, 5) is 0. The van der Waals surface area contributed by atoms with E-state index in [1.165, 1.54) is 12.2 Å². The topological polar surface area (TPSA) is 54.0 Å². The van der Waals surface area contributed by atoms with Crippen LogP contribution >= 0.6 is 11.6 Å². The lowest BCUT2D eigenvalue weighted by Crippen LogP contribution is -1.90. The Hall–Kier alpha value is -0.240. The number of hydrogen-bond acceptors (Lipinski definition) is 2. The average molecular weight is 168 g/mol. The molecule has 9 heavy (non-hydrogen) atoms. The third kappa shape index (κ3) is 7.76. The molecule has 0 rings (SSSR count). The molecule has 0 aliphatic heterocycles. The van der Waals surface area contributed by atoms with Crippen LogP contribution < -0.4 is 0 Å². The van der Waals surface area contributed by atoms with Crippen molar-refractivity contribution in [3.63, 3.8) is 0 Å².